The van der Waals surface area contributed by atoms with Crippen LogP contribution in [0.5, 0.6) is 5.75 Å². The van der Waals surface area contributed by atoms with Crippen LogP contribution in [-0.4, -0.2) is 26.2 Å². The van der Waals surface area contributed by atoms with Gasteiger partial charge in [0.05, 0.1) is 26.0 Å². The molecule has 1 N–H and O–H groups in total. The summed E-state index contributed by atoms with van der Waals surface area (Å²) in [5.41, 5.74) is 1.42. The first kappa shape index (κ1) is 10.6. The molecule has 0 radical (unpaired) electrons. The predicted octanol–water partition coefficient (Wildman–Crippen LogP) is 1.24. The van der Waals surface area contributed by atoms with Crippen molar-refractivity contribution in [2.45, 2.75) is 12.2 Å². The molecule has 0 aliphatic carbocycles. The summed E-state index contributed by atoms with van der Waals surface area (Å²) < 4.78 is 16.3. The number of rotatable bonds is 1. The molecule has 0 aromatic heterocycles. The van der Waals surface area contributed by atoms with Gasteiger partial charge in [0.25, 0.3) is 11.7 Å². The first-order valence-corrected chi connectivity index (χ1v) is 5.54. The van der Waals surface area contributed by atoms with E-state index >= 15 is 0 Å². The van der Waals surface area contributed by atoms with Gasteiger partial charge in [0.15, 0.2) is 0 Å². The Morgan fingerprint density at radius 3 is 2.82 bits per heavy atom. The van der Waals surface area contributed by atoms with Gasteiger partial charge in [-0.25, -0.2) is 0 Å². The summed E-state index contributed by atoms with van der Waals surface area (Å²) in [6.45, 7) is 1.04. The molecule has 5 heteroatoms. The van der Waals surface area contributed by atoms with Crippen molar-refractivity contribution in [3.05, 3.63) is 23.8 Å². The Hall–Kier alpha value is -1.59. The van der Waals surface area contributed by atoms with Gasteiger partial charge in [-0.3, -0.25) is 4.79 Å². The van der Waals surface area contributed by atoms with Gasteiger partial charge in [0.1, 0.15) is 5.75 Å². The van der Waals surface area contributed by atoms with Crippen LogP contribution in [0, 0.1) is 0 Å². The maximum atomic E-state index is 12.0. The van der Waals surface area contributed by atoms with E-state index in [-0.39, 0.29) is 5.91 Å². The Kier molecular flexibility index (Phi) is 2.31. The third-order valence-corrected chi connectivity index (χ3v) is 3.03. The van der Waals surface area contributed by atoms with Gasteiger partial charge in [0, 0.05) is 5.56 Å². The lowest BCUT2D eigenvalue weighted by Crippen LogP contribution is -2.43. The topological polar surface area (TPSA) is 56.8 Å². The Labute approximate surface area is 98.7 Å². The Morgan fingerprint density at radius 1 is 1.35 bits per heavy atom. The predicted molar refractivity (Wildman–Crippen MR) is 59.8 cm³/mol. The molecule has 1 spiro atoms. The van der Waals surface area contributed by atoms with Gasteiger partial charge < -0.3 is 19.5 Å². The number of anilines is 1. The third-order valence-electron chi connectivity index (χ3n) is 3.03. The van der Waals surface area contributed by atoms with Gasteiger partial charge in [-0.05, 0) is 24.6 Å². The van der Waals surface area contributed by atoms with E-state index < -0.39 is 5.79 Å². The standard InChI is InChI=1S/C12H13NO4/c1-15-8-3-4-10-9(7-8)12(11(14)13-10)16-5-2-6-17-12/h3-4,7H,2,5-6H2,1H3,(H,13,14). The van der Waals surface area contributed by atoms with Gasteiger partial charge >= 0.3 is 0 Å². The minimum absolute atomic E-state index is 0.263. The van der Waals surface area contributed by atoms with Crippen LogP contribution < -0.4 is 10.1 Å². The lowest BCUT2D eigenvalue weighted by atomic mass is 10.1. The van der Waals surface area contributed by atoms with E-state index in [0.29, 0.717) is 24.5 Å². The number of nitrogens with one attached hydrogen (secondary N) is 1. The third kappa shape index (κ3) is 1.43. The van der Waals surface area contributed by atoms with Crippen LogP contribution in [-0.2, 0) is 20.1 Å². The second-order valence-electron chi connectivity index (χ2n) is 4.03. The molecule has 0 bridgehead atoms. The largest absolute Gasteiger partial charge is 0.497 e. The number of hydrogen-bond donors (Lipinski definition) is 1. The zero-order valence-corrected chi connectivity index (χ0v) is 9.49. The Balaban J connectivity index is 2.10. The van der Waals surface area contributed by atoms with Crippen molar-refractivity contribution in [3.63, 3.8) is 0 Å². The van der Waals surface area contributed by atoms with Crippen molar-refractivity contribution >= 4 is 11.6 Å². The molecule has 0 unspecified atom stereocenters. The molecule has 1 aromatic carbocycles. The zero-order valence-electron chi connectivity index (χ0n) is 9.49. The smallest absolute Gasteiger partial charge is 0.289 e. The minimum atomic E-state index is -1.28. The fourth-order valence-corrected chi connectivity index (χ4v) is 2.18. The van der Waals surface area contributed by atoms with E-state index in [1.165, 1.54) is 0 Å². The molecule has 1 aromatic rings. The molecule has 0 atom stereocenters. The zero-order chi connectivity index (χ0) is 11.9. The van der Waals surface area contributed by atoms with Gasteiger partial charge in [-0.2, -0.15) is 0 Å². The molecule has 0 saturated carbocycles. The number of carbonyl (C=O) groups excluding carboxylic acids is 1. The van der Waals surface area contributed by atoms with Crippen molar-refractivity contribution in [2.24, 2.45) is 0 Å². The Bertz CT molecular complexity index is 466. The summed E-state index contributed by atoms with van der Waals surface area (Å²) in [4.78, 5) is 12.0. The number of fused-ring (bicyclic) bond motifs is 2. The van der Waals surface area contributed by atoms with E-state index in [2.05, 4.69) is 5.32 Å². The van der Waals surface area contributed by atoms with Crippen molar-refractivity contribution in [1.82, 2.24) is 0 Å². The normalized spacial score (nSPS) is 21.1. The fraction of sp³-hybridized carbons (Fsp3) is 0.417. The van der Waals surface area contributed by atoms with Gasteiger partial charge in [-0.15, -0.1) is 0 Å². The van der Waals surface area contributed by atoms with Crippen molar-refractivity contribution < 1.29 is 19.0 Å². The summed E-state index contributed by atoms with van der Waals surface area (Å²) in [6, 6.07) is 5.36. The monoisotopic (exact) mass is 235 g/mol. The maximum absolute atomic E-state index is 12.0. The maximum Gasteiger partial charge on any atom is 0.289 e. The van der Waals surface area contributed by atoms with E-state index in [9.17, 15) is 4.79 Å². The minimum Gasteiger partial charge on any atom is -0.497 e. The molecule has 2 aliphatic heterocycles. The highest BCUT2D eigenvalue weighted by Crippen LogP contribution is 2.43. The molecular formula is C12H13NO4. The second-order valence-corrected chi connectivity index (χ2v) is 4.03. The van der Waals surface area contributed by atoms with Crippen LogP contribution in [0.1, 0.15) is 12.0 Å². The molecule has 2 heterocycles. The van der Waals surface area contributed by atoms with Gasteiger partial charge in [0.2, 0.25) is 0 Å². The lowest BCUT2D eigenvalue weighted by molar-refractivity contribution is -0.255. The fourth-order valence-electron chi connectivity index (χ4n) is 2.18. The highest BCUT2D eigenvalue weighted by molar-refractivity contribution is 6.04. The number of carbonyl (C=O) groups is 1. The molecule has 5 nitrogen and oxygen atoms in total. The Morgan fingerprint density at radius 2 is 2.12 bits per heavy atom. The number of benzene rings is 1. The summed E-state index contributed by atoms with van der Waals surface area (Å²) in [6.07, 6.45) is 0.800. The van der Waals surface area contributed by atoms with Crippen LogP contribution in [0.25, 0.3) is 0 Å². The second kappa shape index (κ2) is 3.72. The van der Waals surface area contributed by atoms with Crippen LogP contribution in [0.15, 0.2) is 18.2 Å². The first-order chi connectivity index (χ1) is 8.26. The molecule has 2 aliphatic rings. The van der Waals surface area contributed by atoms with Crippen LogP contribution in [0.3, 0.4) is 0 Å². The number of methoxy groups -OCH3 is 1. The van der Waals surface area contributed by atoms with E-state index in [1.807, 2.05) is 0 Å². The SMILES string of the molecule is COc1ccc2c(c1)C1(OCCCO1)C(=O)N2. The molecule has 1 fully saturated rings. The quantitative estimate of drug-likeness (QED) is 0.795. The van der Waals surface area contributed by atoms with Crippen molar-refractivity contribution in [2.75, 3.05) is 25.6 Å². The van der Waals surface area contributed by atoms with E-state index in [4.69, 9.17) is 14.2 Å². The lowest BCUT2D eigenvalue weighted by Gasteiger charge is -2.31. The van der Waals surface area contributed by atoms with Crippen molar-refractivity contribution in [3.8, 4) is 5.75 Å². The summed E-state index contributed by atoms with van der Waals surface area (Å²) in [5, 5.41) is 2.76. The number of amides is 1. The summed E-state index contributed by atoms with van der Waals surface area (Å²) >= 11 is 0. The highest BCUT2D eigenvalue weighted by atomic mass is 16.7. The van der Waals surface area contributed by atoms with Crippen LogP contribution in [0.2, 0.25) is 0 Å². The van der Waals surface area contributed by atoms with Gasteiger partial charge in [-0.1, -0.05) is 0 Å². The molecule has 3 rings (SSSR count). The molecule has 90 valence electrons. The first-order valence-electron chi connectivity index (χ1n) is 5.54. The number of hydrogen-bond acceptors (Lipinski definition) is 4. The molecule has 1 saturated heterocycles. The summed E-state index contributed by atoms with van der Waals surface area (Å²) in [7, 11) is 1.58. The average molecular weight is 235 g/mol. The van der Waals surface area contributed by atoms with Crippen molar-refractivity contribution in [1.29, 1.82) is 0 Å². The average Bonchev–Trinajstić information content (AvgIpc) is 2.63. The van der Waals surface area contributed by atoms with E-state index in [1.54, 1.807) is 25.3 Å². The molecular weight excluding hydrogens is 222 g/mol. The van der Waals surface area contributed by atoms with Crippen LogP contribution in [0.4, 0.5) is 5.69 Å². The van der Waals surface area contributed by atoms with Crippen LogP contribution >= 0.6 is 0 Å². The van der Waals surface area contributed by atoms with E-state index in [0.717, 1.165) is 12.1 Å². The molecule has 1 amide bonds. The highest BCUT2D eigenvalue weighted by Gasteiger charge is 2.51. The number of ether oxygens (including phenoxy) is 3. The summed E-state index contributed by atoms with van der Waals surface area (Å²) in [5.74, 6) is -0.861. The molecule has 17 heavy (non-hydrogen) atoms.